The van der Waals surface area contributed by atoms with Crippen LogP contribution in [0.15, 0.2) is 62.0 Å². The maximum Gasteiger partial charge on any atom is 0.337 e. The highest BCUT2D eigenvalue weighted by atomic mass is 79.9. The van der Waals surface area contributed by atoms with Crippen LogP contribution in [0.2, 0.25) is 0 Å². The van der Waals surface area contributed by atoms with Gasteiger partial charge in [0, 0.05) is 36.3 Å². The Morgan fingerprint density at radius 2 is 2.19 bits per heavy atom. The first-order valence-electron chi connectivity index (χ1n) is 9.48. The number of nitrogens with one attached hydrogen (secondary N) is 1. The molecule has 1 aromatic carbocycles. The molecule has 2 rings (SSSR count). The third-order valence-corrected chi connectivity index (χ3v) is 5.21. The Morgan fingerprint density at radius 1 is 1.48 bits per heavy atom. The lowest BCUT2D eigenvalue weighted by Gasteiger charge is -2.24. The Balaban J connectivity index is 0.000000500. The van der Waals surface area contributed by atoms with E-state index in [1.165, 1.54) is 23.9 Å². The van der Waals surface area contributed by atoms with Gasteiger partial charge in [0.1, 0.15) is 10.9 Å². The lowest BCUT2D eigenvalue weighted by Crippen LogP contribution is -2.37. The quantitative estimate of drug-likeness (QED) is 0.279. The summed E-state index contributed by atoms with van der Waals surface area (Å²) >= 11 is 4.44. The summed E-state index contributed by atoms with van der Waals surface area (Å²) in [5, 5.41) is 24.0. The topological polar surface area (TPSA) is 104 Å². The molecule has 3 N–H and O–H groups in total. The average Bonchev–Trinajstić information content (AvgIpc) is 2.76. The molecule has 0 radical (unpaired) electrons. The molecule has 1 aliphatic rings. The van der Waals surface area contributed by atoms with Gasteiger partial charge in [-0.15, -0.1) is 0 Å². The highest BCUT2D eigenvalue weighted by molar-refractivity contribution is 9.10. The number of ether oxygens (including phenoxy) is 1. The summed E-state index contributed by atoms with van der Waals surface area (Å²) in [6.07, 6.45) is 0.315. The van der Waals surface area contributed by atoms with E-state index in [2.05, 4.69) is 37.8 Å². The van der Waals surface area contributed by atoms with Gasteiger partial charge in [-0.25, -0.2) is 9.18 Å². The largest absolute Gasteiger partial charge is 0.463 e. The molecule has 1 aromatic rings. The van der Waals surface area contributed by atoms with Crippen LogP contribution in [0, 0.1) is 11.7 Å². The van der Waals surface area contributed by atoms with Crippen molar-refractivity contribution in [3.63, 3.8) is 0 Å². The van der Waals surface area contributed by atoms with Gasteiger partial charge in [0.05, 0.1) is 18.7 Å². The van der Waals surface area contributed by atoms with Crippen LogP contribution < -0.4 is 5.32 Å². The van der Waals surface area contributed by atoms with E-state index in [0.717, 1.165) is 4.47 Å². The van der Waals surface area contributed by atoms with E-state index in [1.807, 2.05) is 0 Å². The summed E-state index contributed by atoms with van der Waals surface area (Å²) in [4.78, 5) is 20.5. The first kappa shape index (κ1) is 27.0. The minimum Gasteiger partial charge on any atom is -0.463 e. The number of hydrogen-bond donors (Lipinski definition) is 3. The predicted octanol–water partition coefficient (Wildman–Crippen LogP) is 3.29. The number of carbonyl (C=O) groups excluding carboxylic acids is 1. The fraction of sp³-hybridized carbons (Fsp3) is 0.381. The van der Waals surface area contributed by atoms with Gasteiger partial charge in [0.25, 0.3) is 0 Å². The third kappa shape index (κ3) is 9.34. The fourth-order valence-corrected chi connectivity index (χ4v) is 3.30. The second-order valence-electron chi connectivity index (χ2n) is 6.16. The number of thioether (sulfide) groups is 1. The Kier molecular flexibility index (Phi) is 13.0. The van der Waals surface area contributed by atoms with Crippen LogP contribution >= 0.6 is 27.7 Å². The van der Waals surface area contributed by atoms with E-state index < -0.39 is 5.97 Å². The van der Waals surface area contributed by atoms with E-state index in [9.17, 15) is 19.4 Å². The monoisotopic (exact) mass is 515 g/mol. The van der Waals surface area contributed by atoms with E-state index in [1.54, 1.807) is 31.5 Å². The minimum atomic E-state index is -0.446. The van der Waals surface area contributed by atoms with Crippen molar-refractivity contribution in [3.8, 4) is 0 Å². The summed E-state index contributed by atoms with van der Waals surface area (Å²) in [6, 6.07) is 6.26. The molecular weight excluding hydrogens is 489 g/mol. The summed E-state index contributed by atoms with van der Waals surface area (Å²) in [7, 11) is 1.64. The lowest BCUT2D eigenvalue weighted by atomic mass is 10.0. The van der Waals surface area contributed by atoms with Crippen molar-refractivity contribution in [2.45, 2.75) is 13.3 Å². The minimum absolute atomic E-state index is 0.163. The number of carbonyl (C=O) groups is 1. The van der Waals surface area contributed by atoms with Crippen molar-refractivity contribution in [3.05, 3.63) is 57.8 Å². The number of esters is 1. The number of halogens is 2. The molecule has 0 aliphatic carbocycles. The van der Waals surface area contributed by atoms with Gasteiger partial charge < -0.3 is 20.3 Å². The second kappa shape index (κ2) is 14.9. The summed E-state index contributed by atoms with van der Waals surface area (Å²) < 4.78 is 18.0. The standard InChI is InChI=1S/C15H23N3O4S.C6H4BrF/c1-4-22-15(21)11-7-17-13(14(16-3)23-5-2)18-12(11)6-10(8-19)9-20;7-5-2-1-3-6(8)4-5/h5,10,19-20H,2,4,6-9H2,1,3H3,(H,17,18);1-4H. The first-order valence-corrected chi connectivity index (χ1v) is 11.1. The number of nitrogens with zero attached hydrogens (tertiary/aromatic N) is 2. The summed E-state index contributed by atoms with van der Waals surface area (Å²) in [6.45, 7) is 5.45. The first-order chi connectivity index (χ1) is 14.9. The molecule has 0 saturated carbocycles. The van der Waals surface area contributed by atoms with Crippen molar-refractivity contribution >= 4 is 44.5 Å². The number of benzene rings is 1. The van der Waals surface area contributed by atoms with Crippen LogP contribution in [0.5, 0.6) is 0 Å². The van der Waals surface area contributed by atoms with Crippen molar-refractivity contribution < 1.29 is 24.1 Å². The fourth-order valence-electron chi connectivity index (χ4n) is 2.44. The number of aliphatic hydroxyl groups is 2. The van der Waals surface area contributed by atoms with E-state index in [0.29, 0.717) is 28.6 Å². The normalized spacial score (nSPS) is 13.8. The highest BCUT2D eigenvalue weighted by Crippen LogP contribution is 2.20. The van der Waals surface area contributed by atoms with Crippen molar-refractivity contribution in [2.24, 2.45) is 15.9 Å². The molecule has 10 heteroatoms. The molecular formula is C21H27BrFN3O4S. The molecule has 0 atom stereocenters. The molecule has 0 bridgehead atoms. The molecule has 0 aromatic heterocycles. The zero-order valence-corrected chi connectivity index (χ0v) is 19.9. The molecule has 1 aliphatic heterocycles. The Bertz CT molecular complexity index is 824. The Labute approximate surface area is 194 Å². The van der Waals surface area contributed by atoms with Crippen LogP contribution in [0.25, 0.3) is 0 Å². The second-order valence-corrected chi connectivity index (χ2v) is 8.03. The Hall–Kier alpha value is -2.01. The lowest BCUT2D eigenvalue weighted by molar-refractivity contribution is -0.138. The Morgan fingerprint density at radius 3 is 2.68 bits per heavy atom. The van der Waals surface area contributed by atoms with Gasteiger partial charge in [0.15, 0.2) is 5.84 Å². The zero-order chi connectivity index (χ0) is 23.2. The van der Waals surface area contributed by atoms with Crippen LogP contribution in [-0.2, 0) is 9.53 Å². The highest BCUT2D eigenvalue weighted by Gasteiger charge is 2.25. The molecule has 31 heavy (non-hydrogen) atoms. The van der Waals surface area contributed by atoms with Gasteiger partial charge in [-0.1, -0.05) is 40.3 Å². The van der Waals surface area contributed by atoms with Crippen molar-refractivity contribution in [2.75, 3.05) is 33.4 Å². The zero-order valence-electron chi connectivity index (χ0n) is 17.5. The molecule has 0 spiro atoms. The van der Waals surface area contributed by atoms with Crippen molar-refractivity contribution in [1.29, 1.82) is 0 Å². The summed E-state index contributed by atoms with van der Waals surface area (Å²) in [5.74, 6) is -0.483. The molecule has 0 amide bonds. The molecule has 1 heterocycles. The van der Waals surface area contributed by atoms with E-state index in [-0.39, 0.29) is 38.1 Å². The van der Waals surface area contributed by atoms with Gasteiger partial charge in [-0.3, -0.25) is 9.98 Å². The van der Waals surface area contributed by atoms with Gasteiger partial charge in [-0.05, 0) is 37.0 Å². The van der Waals surface area contributed by atoms with Crippen LogP contribution in [0.1, 0.15) is 13.3 Å². The van der Waals surface area contributed by atoms with Crippen LogP contribution in [-0.4, -0.2) is 60.5 Å². The smallest absolute Gasteiger partial charge is 0.337 e. The summed E-state index contributed by atoms with van der Waals surface area (Å²) in [5.41, 5.74) is 0.994. The SMILES string of the molecule is C=CSC(=NC)C1=NCC(C(=O)OCC)=C(CC(CO)CO)N1.Fc1cccc(Br)c1. The predicted molar refractivity (Wildman–Crippen MR) is 127 cm³/mol. The van der Waals surface area contributed by atoms with Crippen LogP contribution in [0.3, 0.4) is 0 Å². The number of allylic oxidation sites excluding steroid dienone is 1. The molecule has 170 valence electrons. The van der Waals surface area contributed by atoms with Crippen molar-refractivity contribution in [1.82, 2.24) is 5.32 Å². The number of rotatable bonds is 8. The molecule has 0 fully saturated rings. The maximum atomic E-state index is 12.1. The third-order valence-electron chi connectivity index (χ3n) is 3.95. The molecule has 7 nitrogen and oxygen atoms in total. The molecule has 0 saturated heterocycles. The van der Waals surface area contributed by atoms with Gasteiger partial charge in [0.2, 0.25) is 0 Å². The molecule has 0 unspecified atom stereocenters. The average molecular weight is 516 g/mol. The van der Waals surface area contributed by atoms with E-state index >= 15 is 0 Å². The van der Waals surface area contributed by atoms with Gasteiger partial charge in [-0.2, -0.15) is 0 Å². The number of aliphatic hydroxyl groups excluding tert-OH is 2. The number of amidine groups is 1. The van der Waals surface area contributed by atoms with Crippen LogP contribution in [0.4, 0.5) is 4.39 Å². The maximum absolute atomic E-state index is 12.1. The number of hydrogen-bond acceptors (Lipinski definition) is 8. The van der Waals surface area contributed by atoms with Gasteiger partial charge >= 0.3 is 5.97 Å². The number of aliphatic imine (C=N–C) groups is 2. The van der Waals surface area contributed by atoms with E-state index in [4.69, 9.17) is 4.74 Å².